The minimum Gasteiger partial charge on any atom is -0.452 e. The van der Waals surface area contributed by atoms with Crippen molar-refractivity contribution in [2.75, 3.05) is 26.9 Å². The normalized spacial score (nSPS) is 9.81. The van der Waals surface area contributed by atoms with Crippen LogP contribution in [0.5, 0.6) is 0 Å². The summed E-state index contributed by atoms with van der Waals surface area (Å²) in [5, 5.41) is 4.44. The lowest BCUT2D eigenvalue weighted by atomic mass is 10.1. The SMILES string of the molecule is COCCNC(=O)NC(=O)COC(=O)c1ccc(C)cc1. The number of rotatable bonds is 6. The Balaban J connectivity index is 2.30. The number of nitrogens with one attached hydrogen (secondary N) is 2. The molecule has 0 radical (unpaired) electrons. The van der Waals surface area contributed by atoms with Crippen LogP contribution in [0, 0.1) is 6.92 Å². The van der Waals surface area contributed by atoms with Gasteiger partial charge in [-0.05, 0) is 19.1 Å². The van der Waals surface area contributed by atoms with Crippen LogP contribution >= 0.6 is 0 Å². The Morgan fingerprint density at radius 3 is 2.43 bits per heavy atom. The van der Waals surface area contributed by atoms with Crippen molar-refractivity contribution in [3.8, 4) is 0 Å². The predicted octanol–water partition coefficient (Wildman–Crippen LogP) is 0.624. The van der Waals surface area contributed by atoms with Gasteiger partial charge in [0, 0.05) is 13.7 Å². The van der Waals surface area contributed by atoms with Crippen LogP contribution in [0.15, 0.2) is 24.3 Å². The zero-order chi connectivity index (χ0) is 15.7. The van der Waals surface area contributed by atoms with Crippen molar-refractivity contribution >= 4 is 17.9 Å². The Labute approximate surface area is 122 Å². The van der Waals surface area contributed by atoms with Gasteiger partial charge in [-0.15, -0.1) is 0 Å². The molecule has 114 valence electrons. The van der Waals surface area contributed by atoms with E-state index in [4.69, 9.17) is 9.47 Å². The van der Waals surface area contributed by atoms with Crippen LogP contribution in [-0.4, -0.2) is 44.8 Å². The van der Waals surface area contributed by atoms with Crippen molar-refractivity contribution in [2.45, 2.75) is 6.92 Å². The molecule has 0 atom stereocenters. The number of imide groups is 1. The predicted molar refractivity (Wildman–Crippen MR) is 74.9 cm³/mol. The van der Waals surface area contributed by atoms with Crippen LogP contribution in [0.4, 0.5) is 4.79 Å². The number of methoxy groups -OCH3 is 1. The molecule has 0 aromatic heterocycles. The first-order chi connectivity index (χ1) is 10.0. The monoisotopic (exact) mass is 294 g/mol. The Kier molecular flexibility index (Phi) is 6.90. The van der Waals surface area contributed by atoms with Crippen LogP contribution in [-0.2, 0) is 14.3 Å². The highest BCUT2D eigenvalue weighted by Gasteiger charge is 2.12. The Hall–Kier alpha value is -2.41. The summed E-state index contributed by atoms with van der Waals surface area (Å²) >= 11 is 0. The van der Waals surface area contributed by atoms with Gasteiger partial charge in [0.2, 0.25) is 0 Å². The van der Waals surface area contributed by atoms with Gasteiger partial charge in [-0.25, -0.2) is 9.59 Å². The van der Waals surface area contributed by atoms with E-state index in [-0.39, 0.29) is 6.54 Å². The molecule has 0 bridgehead atoms. The van der Waals surface area contributed by atoms with Crippen LogP contribution in [0.1, 0.15) is 15.9 Å². The average Bonchev–Trinajstić information content (AvgIpc) is 2.46. The lowest BCUT2D eigenvalue weighted by Crippen LogP contribution is -2.42. The number of carbonyl (C=O) groups excluding carboxylic acids is 3. The van der Waals surface area contributed by atoms with E-state index in [1.54, 1.807) is 24.3 Å². The van der Waals surface area contributed by atoms with Crippen molar-refractivity contribution in [2.24, 2.45) is 0 Å². The molecule has 2 N–H and O–H groups in total. The van der Waals surface area contributed by atoms with Crippen molar-refractivity contribution in [3.63, 3.8) is 0 Å². The summed E-state index contributed by atoms with van der Waals surface area (Å²) in [6, 6.07) is 6.07. The second kappa shape index (κ2) is 8.70. The molecule has 0 fully saturated rings. The molecule has 7 nitrogen and oxygen atoms in total. The van der Waals surface area contributed by atoms with E-state index >= 15 is 0 Å². The first-order valence-corrected chi connectivity index (χ1v) is 6.33. The summed E-state index contributed by atoms with van der Waals surface area (Å²) in [6.45, 7) is 1.98. The number of esters is 1. The zero-order valence-corrected chi connectivity index (χ0v) is 12.0. The molecule has 0 spiro atoms. The number of hydrogen-bond donors (Lipinski definition) is 2. The molecule has 0 heterocycles. The van der Waals surface area contributed by atoms with E-state index in [0.717, 1.165) is 5.56 Å². The van der Waals surface area contributed by atoms with Gasteiger partial charge in [0.1, 0.15) is 0 Å². The summed E-state index contributed by atoms with van der Waals surface area (Å²) in [6.07, 6.45) is 0. The maximum Gasteiger partial charge on any atom is 0.338 e. The molecule has 0 aliphatic heterocycles. The highest BCUT2D eigenvalue weighted by molar-refractivity contribution is 5.96. The van der Waals surface area contributed by atoms with Crippen LogP contribution < -0.4 is 10.6 Å². The number of carbonyl (C=O) groups is 3. The molecule has 7 heteroatoms. The highest BCUT2D eigenvalue weighted by Crippen LogP contribution is 2.04. The van der Waals surface area contributed by atoms with Gasteiger partial charge in [-0.1, -0.05) is 17.7 Å². The third-order valence-corrected chi connectivity index (χ3v) is 2.47. The topological polar surface area (TPSA) is 93.7 Å². The fourth-order valence-electron chi connectivity index (χ4n) is 1.38. The molecule has 1 aromatic carbocycles. The number of urea groups is 1. The fourth-order valence-corrected chi connectivity index (χ4v) is 1.38. The molecule has 1 rings (SSSR count). The first kappa shape index (κ1) is 16.6. The van der Waals surface area contributed by atoms with E-state index in [2.05, 4.69) is 5.32 Å². The standard InChI is InChI=1S/C14H18N2O5/c1-10-3-5-11(6-4-10)13(18)21-9-12(17)16-14(19)15-7-8-20-2/h3-6H,7-9H2,1-2H3,(H2,15,16,17,19). The Morgan fingerprint density at radius 1 is 1.14 bits per heavy atom. The summed E-state index contributed by atoms with van der Waals surface area (Å²) in [4.78, 5) is 34.3. The lowest BCUT2D eigenvalue weighted by molar-refractivity contribution is -0.123. The van der Waals surface area contributed by atoms with Crippen LogP contribution in [0.3, 0.4) is 0 Å². The first-order valence-electron chi connectivity index (χ1n) is 6.33. The molecule has 3 amide bonds. The van der Waals surface area contributed by atoms with Gasteiger partial charge < -0.3 is 14.8 Å². The smallest absolute Gasteiger partial charge is 0.338 e. The van der Waals surface area contributed by atoms with Crippen molar-refractivity contribution < 1.29 is 23.9 Å². The second-order valence-corrected chi connectivity index (χ2v) is 4.24. The van der Waals surface area contributed by atoms with E-state index in [0.29, 0.717) is 12.2 Å². The van der Waals surface area contributed by atoms with E-state index in [1.165, 1.54) is 7.11 Å². The maximum absolute atomic E-state index is 11.6. The second-order valence-electron chi connectivity index (χ2n) is 4.24. The molecule has 1 aromatic rings. The van der Waals surface area contributed by atoms with E-state index in [9.17, 15) is 14.4 Å². The van der Waals surface area contributed by atoms with Crippen LogP contribution in [0.2, 0.25) is 0 Å². The molecule has 21 heavy (non-hydrogen) atoms. The van der Waals surface area contributed by atoms with Gasteiger partial charge in [-0.3, -0.25) is 10.1 Å². The Bertz CT molecular complexity index is 499. The third-order valence-electron chi connectivity index (χ3n) is 2.47. The molecular formula is C14H18N2O5. The molecule has 0 saturated heterocycles. The van der Waals surface area contributed by atoms with Gasteiger partial charge in [0.25, 0.3) is 5.91 Å². The van der Waals surface area contributed by atoms with Gasteiger partial charge in [-0.2, -0.15) is 0 Å². The summed E-state index contributed by atoms with van der Waals surface area (Å²) in [7, 11) is 1.50. The zero-order valence-electron chi connectivity index (χ0n) is 12.0. The lowest BCUT2D eigenvalue weighted by Gasteiger charge is -2.07. The van der Waals surface area contributed by atoms with Gasteiger partial charge >= 0.3 is 12.0 Å². The van der Waals surface area contributed by atoms with Gasteiger partial charge in [0.15, 0.2) is 6.61 Å². The molecule has 0 aliphatic rings. The summed E-state index contributed by atoms with van der Waals surface area (Å²) < 4.78 is 9.54. The number of aryl methyl sites for hydroxylation is 1. The largest absolute Gasteiger partial charge is 0.452 e. The number of amides is 3. The average molecular weight is 294 g/mol. The maximum atomic E-state index is 11.6. The number of ether oxygens (including phenoxy) is 2. The minimum atomic E-state index is -0.703. The van der Waals surface area contributed by atoms with Crippen LogP contribution in [0.25, 0.3) is 0 Å². The Morgan fingerprint density at radius 2 is 1.81 bits per heavy atom. The summed E-state index contributed by atoms with van der Waals surface area (Å²) in [5.41, 5.74) is 1.36. The molecule has 0 saturated carbocycles. The van der Waals surface area contributed by atoms with Crippen molar-refractivity contribution in [1.29, 1.82) is 0 Å². The molecule has 0 unspecified atom stereocenters. The third kappa shape index (κ3) is 6.53. The highest BCUT2D eigenvalue weighted by atomic mass is 16.5. The minimum absolute atomic E-state index is 0.277. The van der Waals surface area contributed by atoms with Crippen molar-refractivity contribution in [3.05, 3.63) is 35.4 Å². The quantitative estimate of drug-likeness (QED) is 0.592. The summed E-state index contributed by atoms with van der Waals surface area (Å²) in [5.74, 6) is -1.32. The number of benzene rings is 1. The molecular weight excluding hydrogens is 276 g/mol. The van der Waals surface area contributed by atoms with Gasteiger partial charge in [0.05, 0.1) is 12.2 Å². The number of hydrogen-bond acceptors (Lipinski definition) is 5. The van der Waals surface area contributed by atoms with Crippen molar-refractivity contribution in [1.82, 2.24) is 10.6 Å². The molecule has 0 aliphatic carbocycles. The van der Waals surface area contributed by atoms with E-state index < -0.39 is 24.5 Å². The van der Waals surface area contributed by atoms with E-state index in [1.807, 2.05) is 12.2 Å². The fraction of sp³-hybridized carbons (Fsp3) is 0.357.